The fourth-order valence-electron chi connectivity index (χ4n) is 1.76. The summed E-state index contributed by atoms with van der Waals surface area (Å²) in [5.74, 6) is -0.339. The number of anilines is 1. The Morgan fingerprint density at radius 2 is 2.26 bits per heavy atom. The van der Waals surface area contributed by atoms with Crippen LogP contribution in [-0.4, -0.2) is 53.1 Å². The summed E-state index contributed by atoms with van der Waals surface area (Å²) in [5, 5.41) is 19.2. The Balaban J connectivity index is 2.19. The summed E-state index contributed by atoms with van der Waals surface area (Å²) in [7, 11) is -3.74. The van der Waals surface area contributed by atoms with Gasteiger partial charge in [-0.2, -0.15) is 4.31 Å². The molecule has 1 amide bonds. The minimum Gasteiger partial charge on any atom is -0.392 e. The third kappa shape index (κ3) is 3.26. The molecule has 1 aliphatic rings. The van der Waals surface area contributed by atoms with Gasteiger partial charge in [0.25, 0.3) is 10.0 Å². The van der Waals surface area contributed by atoms with Crippen LogP contribution in [0.15, 0.2) is 4.34 Å². The normalized spacial score (nSPS) is 21.3. The highest BCUT2D eigenvalue weighted by Crippen LogP contribution is 2.25. The molecular formula is C9H14N4O4S2. The largest absolute Gasteiger partial charge is 0.392 e. The van der Waals surface area contributed by atoms with Crippen molar-refractivity contribution < 1.29 is 18.3 Å². The molecule has 8 nitrogen and oxygen atoms in total. The van der Waals surface area contributed by atoms with Crippen molar-refractivity contribution in [3.63, 3.8) is 0 Å². The molecule has 0 saturated carbocycles. The quantitative estimate of drug-likeness (QED) is 0.738. The first-order valence-corrected chi connectivity index (χ1v) is 7.94. The van der Waals surface area contributed by atoms with Crippen molar-refractivity contribution in [3.05, 3.63) is 0 Å². The van der Waals surface area contributed by atoms with Crippen LogP contribution in [0, 0.1) is 0 Å². The van der Waals surface area contributed by atoms with E-state index in [1.54, 1.807) is 0 Å². The van der Waals surface area contributed by atoms with E-state index in [9.17, 15) is 18.3 Å². The molecule has 0 spiro atoms. The molecule has 0 aliphatic carbocycles. The van der Waals surface area contributed by atoms with Crippen molar-refractivity contribution in [2.24, 2.45) is 0 Å². The molecule has 10 heteroatoms. The van der Waals surface area contributed by atoms with Gasteiger partial charge in [-0.25, -0.2) is 8.42 Å². The van der Waals surface area contributed by atoms with Crippen molar-refractivity contribution >= 4 is 32.4 Å². The Morgan fingerprint density at radius 1 is 1.53 bits per heavy atom. The lowest BCUT2D eigenvalue weighted by Crippen LogP contribution is -2.42. The van der Waals surface area contributed by atoms with Gasteiger partial charge in [0, 0.05) is 20.0 Å². The van der Waals surface area contributed by atoms with Gasteiger partial charge in [0.15, 0.2) is 0 Å². The maximum atomic E-state index is 12.2. The molecule has 0 aromatic carbocycles. The molecule has 0 radical (unpaired) electrons. The van der Waals surface area contributed by atoms with Crippen molar-refractivity contribution in [2.75, 3.05) is 18.4 Å². The Labute approximate surface area is 114 Å². The van der Waals surface area contributed by atoms with Crippen LogP contribution in [0.4, 0.5) is 5.13 Å². The van der Waals surface area contributed by atoms with Gasteiger partial charge in [-0.1, -0.05) is 11.3 Å². The average molecular weight is 306 g/mol. The number of sulfonamides is 1. The van der Waals surface area contributed by atoms with Crippen LogP contribution >= 0.6 is 11.3 Å². The molecule has 1 saturated heterocycles. The number of aliphatic hydroxyl groups is 1. The molecule has 1 aromatic heterocycles. The number of nitrogens with one attached hydrogen (secondary N) is 1. The Hall–Kier alpha value is -1.10. The standard InChI is InChI=1S/C9H14N4O4S2/c1-6(14)10-8-11-12-9(18-8)19(16,17)13-4-2-3-7(15)5-13/h7,15H,2-5H2,1H3,(H,10,11,14). The van der Waals surface area contributed by atoms with Crippen LogP contribution in [0.25, 0.3) is 0 Å². The van der Waals surface area contributed by atoms with E-state index in [2.05, 4.69) is 15.5 Å². The highest BCUT2D eigenvalue weighted by Gasteiger charge is 2.32. The van der Waals surface area contributed by atoms with Gasteiger partial charge in [0.05, 0.1) is 6.10 Å². The molecule has 106 valence electrons. The number of aromatic nitrogens is 2. The predicted octanol–water partition coefficient (Wildman–Crippen LogP) is -0.358. The number of hydrogen-bond acceptors (Lipinski definition) is 7. The first-order valence-electron chi connectivity index (χ1n) is 5.69. The SMILES string of the molecule is CC(=O)Nc1nnc(S(=O)(=O)N2CCCC(O)C2)s1. The molecule has 2 rings (SSSR count). The zero-order valence-corrected chi connectivity index (χ0v) is 11.9. The van der Waals surface area contributed by atoms with E-state index in [0.29, 0.717) is 19.4 Å². The van der Waals surface area contributed by atoms with Crippen LogP contribution in [0.3, 0.4) is 0 Å². The fraction of sp³-hybridized carbons (Fsp3) is 0.667. The van der Waals surface area contributed by atoms with E-state index in [4.69, 9.17) is 0 Å². The minimum absolute atomic E-state index is 0.0668. The predicted molar refractivity (Wildman–Crippen MR) is 68.2 cm³/mol. The van der Waals surface area contributed by atoms with Gasteiger partial charge in [-0.15, -0.1) is 10.2 Å². The van der Waals surface area contributed by atoms with Gasteiger partial charge in [-0.05, 0) is 12.8 Å². The lowest BCUT2D eigenvalue weighted by atomic mass is 10.1. The Kier molecular flexibility index (Phi) is 4.13. The second-order valence-electron chi connectivity index (χ2n) is 4.21. The molecule has 1 atom stereocenters. The van der Waals surface area contributed by atoms with Gasteiger partial charge in [-0.3, -0.25) is 4.79 Å². The summed E-state index contributed by atoms with van der Waals surface area (Å²) in [6, 6.07) is 0. The first-order chi connectivity index (χ1) is 8.89. The maximum Gasteiger partial charge on any atom is 0.272 e. The van der Waals surface area contributed by atoms with Crippen LogP contribution in [0.2, 0.25) is 0 Å². The highest BCUT2D eigenvalue weighted by atomic mass is 32.2. The summed E-state index contributed by atoms with van der Waals surface area (Å²) in [5.41, 5.74) is 0. The molecule has 0 bridgehead atoms. The topological polar surface area (TPSA) is 112 Å². The monoisotopic (exact) mass is 306 g/mol. The fourth-order valence-corrected chi connectivity index (χ4v) is 4.37. The second-order valence-corrected chi connectivity index (χ2v) is 7.30. The third-order valence-corrected chi connectivity index (χ3v) is 5.66. The number of rotatable bonds is 3. The van der Waals surface area contributed by atoms with Crippen molar-refractivity contribution in [3.8, 4) is 0 Å². The maximum absolute atomic E-state index is 12.2. The number of hydrogen-bond donors (Lipinski definition) is 2. The van der Waals surface area contributed by atoms with Gasteiger partial charge >= 0.3 is 0 Å². The summed E-state index contributed by atoms with van der Waals surface area (Å²) in [4.78, 5) is 10.9. The summed E-state index contributed by atoms with van der Waals surface area (Å²) < 4.78 is 25.5. The van der Waals surface area contributed by atoms with E-state index in [-0.39, 0.29) is 21.9 Å². The van der Waals surface area contributed by atoms with Crippen molar-refractivity contribution in [1.29, 1.82) is 0 Å². The number of nitrogens with zero attached hydrogens (tertiary/aromatic N) is 3. The summed E-state index contributed by atoms with van der Waals surface area (Å²) in [6.07, 6.45) is 0.558. The number of β-amino-alcohol motifs (C(OH)–C–C–N with tert-alkyl or cyclic N) is 1. The smallest absolute Gasteiger partial charge is 0.272 e. The molecular weight excluding hydrogens is 292 g/mol. The highest BCUT2D eigenvalue weighted by molar-refractivity contribution is 7.91. The third-order valence-electron chi connectivity index (χ3n) is 2.61. The lowest BCUT2D eigenvalue weighted by Gasteiger charge is -2.27. The number of aliphatic hydroxyl groups excluding tert-OH is 1. The molecule has 1 unspecified atom stereocenters. The van der Waals surface area contributed by atoms with E-state index in [1.807, 2.05) is 0 Å². The van der Waals surface area contributed by atoms with E-state index in [1.165, 1.54) is 11.2 Å². The summed E-state index contributed by atoms with van der Waals surface area (Å²) in [6.45, 7) is 1.72. The van der Waals surface area contributed by atoms with Gasteiger partial charge < -0.3 is 10.4 Å². The van der Waals surface area contributed by atoms with Crippen LogP contribution in [0.5, 0.6) is 0 Å². The summed E-state index contributed by atoms with van der Waals surface area (Å²) >= 11 is 0.798. The van der Waals surface area contributed by atoms with E-state index in [0.717, 1.165) is 11.3 Å². The second kappa shape index (κ2) is 5.49. The van der Waals surface area contributed by atoms with Crippen LogP contribution in [-0.2, 0) is 14.8 Å². The number of carbonyl (C=O) groups is 1. The molecule has 19 heavy (non-hydrogen) atoms. The number of piperidine rings is 1. The van der Waals surface area contributed by atoms with Gasteiger partial charge in [0.2, 0.25) is 15.4 Å². The molecule has 2 heterocycles. The van der Waals surface area contributed by atoms with Crippen molar-refractivity contribution in [2.45, 2.75) is 30.2 Å². The first kappa shape index (κ1) is 14.3. The van der Waals surface area contributed by atoms with Gasteiger partial charge in [0.1, 0.15) is 0 Å². The van der Waals surface area contributed by atoms with E-state index < -0.39 is 16.1 Å². The van der Waals surface area contributed by atoms with E-state index >= 15 is 0 Å². The van der Waals surface area contributed by atoms with Crippen molar-refractivity contribution in [1.82, 2.24) is 14.5 Å². The average Bonchev–Trinajstić information content (AvgIpc) is 2.77. The minimum atomic E-state index is -3.74. The Bertz CT molecular complexity index is 571. The Morgan fingerprint density at radius 3 is 2.89 bits per heavy atom. The van der Waals surface area contributed by atoms with Crippen LogP contribution in [0.1, 0.15) is 19.8 Å². The zero-order chi connectivity index (χ0) is 14.0. The number of carbonyl (C=O) groups excluding carboxylic acids is 1. The van der Waals surface area contributed by atoms with Crippen LogP contribution < -0.4 is 5.32 Å². The lowest BCUT2D eigenvalue weighted by molar-refractivity contribution is -0.114. The number of amides is 1. The molecule has 1 aliphatic heterocycles. The molecule has 1 aromatic rings. The zero-order valence-electron chi connectivity index (χ0n) is 10.2. The molecule has 2 N–H and O–H groups in total. The molecule has 1 fully saturated rings.